The predicted molar refractivity (Wildman–Crippen MR) is 95.0 cm³/mol. The molecule has 0 bridgehead atoms. The van der Waals surface area contributed by atoms with Crippen LogP contribution < -0.4 is 5.73 Å². The number of anilines is 1. The maximum absolute atomic E-state index is 5.64. The van der Waals surface area contributed by atoms with Crippen LogP contribution in [-0.4, -0.2) is 0 Å². The van der Waals surface area contributed by atoms with E-state index >= 15 is 0 Å². The molecule has 20 heavy (non-hydrogen) atoms. The first-order chi connectivity index (χ1) is 9.52. The van der Waals surface area contributed by atoms with Crippen LogP contribution in [0.25, 0.3) is 0 Å². The zero-order chi connectivity index (χ0) is 15.5. The molecule has 0 saturated carbocycles. The molecule has 2 N–H and O–H groups in total. The smallest absolute Gasteiger partial charge is 0.0417 e. The Balaban J connectivity index is 0.000000327. The summed E-state index contributed by atoms with van der Waals surface area (Å²) in [6, 6.07) is 13.5. The van der Waals surface area contributed by atoms with Gasteiger partial charge in [0.05, 0.1) is 0 Å². The highest BCUT2D eigenvalue weighted by Gasteiger charge is 1.92. The van der Waals surface area contributed by atoms with E-state index in [1.807, 2.05) is 45.0 Å². The van der Waals surface area contributed by atoms with Crippen LogP contribution in [-0.2, 0) is 6.42 Å². The average Bonchev–Trinajstić information content (AvgIpc) is 2.44. The lowest BCUT2D eigenvalue weighted by atomic mass is 10.1. The fourth-order valence-electron chi connectivity index (χ4n) is 1.43. The van der Waals surface area contributed by atoms with Gasteiger partial charge in [-0.3, -0.25) is 0 Å². The third-order valence-electron chi connectivity index (χ3n) is 2.55. The van der Waals surface area contributed by atoms with Gasteiger partial charge in [-0.2, -0.15) is 0 Å². The van der Waals surface area contributed by atoms with E-state index in [-0.39, 0.29) is 0 Å². The largest absolute Gasteiger partial charge is 0.399 e. The lowest BCUT2D eigenvalue weighted by Crippen LogP contribution is -1.90. The second-order valence-corrected chi connectivity index (χ2v) is 4.98. The van der Waals surface area contributed by atoms with E-state index < -0.39 is 0 Å². The molecule has 3 heteroatoms. The molecule has 0 spiro atoms. The van der Waals surface area contributed by atoms with Gasteiger partial charge < -0.3 is 5.73 Å². The first-order valence-electron chi connectivity index (χ1n) is 6.82. The van der Waals surface area contributed by atoms with E-state index in [1.54, 1.807) is 6.07 Å². The van der Waals surface area contributed by atoms with E-state index in [2.05, 4.69) is 31.7 Å². The Morgan fingerprint density at radius 3 is 2.15 bits per heavy atom. The number of nitrogens with two attached hydrogens (primary N) is 1. The Kier molecular flexibility index (Phi) is 10.0. The molecule has 0 heterocycles. The van der Waals surface area contributed by atoms with E-state index in [4.69, 9.17) is 17.3 Å². The topological polar surface area (TPSA) is 26.0 Å². The molecule has 1 nitrogen and oxygen atoms in total. The SMILES string of the molecule is CC.CCc1ccc(N)c(C)c1.Sc1cccc(Cl)c1. The van der Waals surface area contributed by atoms with Gasteiger partial charge >= 0.3 is 0 Å². The molecule has 110 valence electrons. The van der Waals surface area contributed by atoms with Crippen LogP contribution in [0, 0.1) is 6.92 Å². The Hall–Kier alpha value is -1.12. The van der Waals surface area contributed by atoms with Crippen molar-refractivity contribution >= 4 is 29.9 Å². The number of nitrogen functional groups attached to an aromatic ring is 1. The fourth-order valence-corrected chi connectivity index (χ4v) is 1.93. The van der Waals surface area contributed by atoms with Gasteiger partial charge in [0.1, 0.15) is 0 Å². The van der Waals surface area contributed by atoms with Crippen LogP contribution in [0.4, 0.5) is 5.69 Å². The van der Waals surface area contributed by atoms with Crippen LogP contribution in [0.15, 0.2) is 47.4 Å². The second kappa shape index (κ2) is 10.6. The van der Waals surface area contributed by atoms with Crippen LogP contribution >= 0.6 is 24.2 Å². The molecular formula is C17H24ClNS. The molecule has 0 aliphatic carbocycles. The number of hydrogen-bond acceptors (Lipinski definition) is 2. The van der Waals surface area contributed by atoms with Gasteiger partial charge in [0.25, 0.3) is 0 Å². The van der Waals surface area contributed by atoms with E-state index in [0.29, 0.717) is 0 Å². The zero-order valence-corrected chi connectivity index (χ0v) is 14.3. The Bertz CT molecular complexity index is 495. The number of halogens is 1. The maximum atomic E-state index is 5.64. The fraction of sp³-hybridized carbons (Fsp3) is 0.294. The number of hydrogen-bond donors (Lipinski definition) is 2. The summed E-state index contributed by atoms with van der Waals surface area (Å²) in [5, 5.41) is 0.734. The summed E-state index contributed by atoms with van der Waals surface area (Å²) in [6.45, 7) is 8.18. The molecule has 0 aliphatic rings. The maximum Gasteiger partial charge on any atom is 0.0417 e. The highest BCUT2D eigenvalue weighted by molar-refractivity contribution is 7.80. The number of thiol groups is 1. The van der Waals surface area contributed by atoms with Crippen LogP contribution in [0.2, 0.25) is 5.02 Å². The molecule has 2 aromatic carbocycles. The summed E-state index contributed by atoms with van der Waals surface area (Å²) in [5.74, 6) is 0. The minimum atomic E-state index is 0.734. The van der Waals surface area contributed by atoms with Crippen LogP contribution in [0.3, 0.4) is 0 Å². The Morgan fingerprint density at radius 1 is 1.10 bits per heavy atom. The summed E-state index contributed by atoms with van der Waals surface area (Å²) >= 11 is 9.67. The van der Waals surface area contributed by atoms with Crippen molar-refractivity contribution in [1.29, 1.82) is 0 Å². The first-order valence-corrected chi connectivity index (χ1v) is 7.65. The summed E-state index contributed by atoms with van der Waals surface area (Å²) in [5.41, 5.74) is 9.06. The molecule has 0 aliphatic heterocycles. The van der Waals surface area contributed by atoms with Gasteiger partial charge in [-0.15, -0.1) is 12.6 Å². The van der Waals surface area contributed by atoms with Crippen molar-refractivity contribution in [3.05, 3.63) is 58.6 Å². The molecule has 2 aromatic rings. The number of benzene rings is 2. The van der Waals surface area contributed by atoms with Crippen molar-refractivity contribution in [2.45, 2.75) is 39.0 Å². The Morgan fingerprint density at radius 2 is 1.75 bits per heavy atom. The average molecular weight is 310 g/mol. The summed E-state index contributed by atoms with van der Waals surface area (Å²) < 4.78 is 0. The van der Waals surface area contributed by atoms with Crippen molar-refractivity contribution in [2.75, 3.05) is 5.73 Å². The van der Waals surface area contributed by atoms with Crippen molar-refractivity contribution < 1.29 is 0 Å². The molecule has 0 aromatic heterocycles. The van der Waals surface area contributed by atoms with Gasteiger partial charge in [0.15, 0.2) is 0 Å². The first kappa shape index (κ1) is 18.9. The van der Waals surface area contributed by atoms with E-state index in [9.17, 15) is 0 Å². The third kappa shape index (κ3) is 7.46. The van der Waals surface area contributed by atoms with Gasteiger partial charge in [0.2, 0.25) is 0 Å². The lowest BCUT2D eigenvalue weighted by Gasteiger charge is -2.01. The molecule has 0 amide bonds. The lowest BCUT2D eigenvalue weighted by molar-refractivity contribution is 1.13. The number of rotatable bonds is 1. The van der Waals surface area contributed by atoms with Crippen molar-refractivity contribution in [3.8, 4) is 0 Å². The van der Waals surface area contributed by atoms with Crippen molar-refractivity contribution in [3.63, 3.8) is 0 Å². The Labute approximate surface area is 133 Å². The molecule has 0 fully saturated rings. The molecule has 2 rings (SSSR count). The quantitative estimate of drug-likeness (QED) is 0.505. The standard InChI is InChI=1S/C9H13N.C6H5ClS.C2H6/c1-3-8-4-5-9(10)7(2)6-8;7-5-2-1-3-6(8)4-5;1-2/h4-6H,3,10H2,1-2H3;1-4,8H;1-2H3. The summed E-state index contributed by atoms with van der Waals surface area (Å²) in [6.07, 6.45) is 1.08. The van der Waals surface area contributed by atoms with Crippen molar-refractivity contribution in [2.24, 2.45) is 0 Å². The minimum Gasteiger partial charge on any atom is -0.399 e. The third-order valence-corrected chi connectivity index (χ3v) is 3.06. The van der Waals surface area contributed by atoms with E-state index in [0.717, 1.165) is 22.0 Å². The van der Waals surface area contributed by atoms with Gasteiger partial charge in [-0.25, -0.2) is 0 Å². The van der Waals surface area contributed by atoms with E-state index in [1.165, 1.54) is 11.1 Å². The molecule has 0 saturated heterocycles. The summed E-state index contributed by atoms with van der Waals surface area (Å²) in [4.78, 5) is 0.900. The molecule has 0 radical (unpaired) electrons. The molecule has 0 unspecified atom stereocenters. The van der Waals surface area contributed by atoms with Crippen molar-refractivity contribution in [1.82, 2.24) is 0 Å². The minimum absolute atomic E-state index is 0.734. The molecular weight excluding hydrogens is 286 g/mol. The highest BCUT2D eigenvalue weighted by Crippen LogP contribution is 2.13. The monoisotopic (exact) mass is 309 g/mol. The second-order valence-electron chi connectivity index (χ2n) is 4.02. The number of aryl methyl sites for hydroxylation is 2. The van der Waals surface area contributed by atoms with Crippen LogP contribution in [0.1, 0.15) is 31.9 Å². The van der Waals surface area contributed by atoms with Gasteiger partial charge in [0, 0.05) is 15.6 Å². The normalized spacial score (nSPS) is 8.90. The zero-order valence-electron chi connectivity index (χ0n) is 12.7. The molecule has 0 atom stereocenters. The van der Waals surface area contributed by atoms with Crippen LogP contribution in [0.5, 0.6) is 0 Å². The predicted octanol–water partition coefficient (Wildman–Crippen LogP) is 5.79. The van der Waals surface area contributed by atoms with Gasteiger partial charge in [-0.05, 0) is 48.7 Å². The van der Waals surface area contributed by atoms with Gasteiger partial charge in [-0.1, -0.05) is 50.6 Å². The summed E-state index contributed by atoms with van der Waals surface area (Å²) in [7, 11) is 0. The highest BCUT2D eigenvalue weighted by atomic mass is 35.5.